The van der Waals surface area contributed by atoms with Gasteiger partial charge in [0.2, 0.25) is 17.7 Å². The van der Waals surface area contributed by atoms with Crippen LogP contribution in [0.5, 0.6) is 0 Å². The molecule has 0 saturated carbocycles. The Balaban J connectivity index is 1.41. The number of ether oxygens (including phenoxy) is 1. The molecule has 0 spiro atoms. The van der Waals surface area contributed by atoms with Gasteiger partial charge in [-0.05, 0) is 54.9 Å². The van der Waals surface area contributed by atoms with Gasteiger partial charge < -0.3 is 30.3 Å². The van der Waals surface area contributed by atoms with Gasteiger partial charge in [-0.25, -0.2) is 4.79 Å². The lowest BCUT2D eigenvalue weighted by Crippen LogP contribution is -2.62. The second kappa shape index (κ2) is 13.5. The third-order valence-corrected chi connectivity index (χ3v) is 8.34. The largest absolute Gasteiger partial charge is 0.481 e. The Hall–Kier alpha value is -4.41. The zero-order valence-corrected chi connectivity index (χ0v) is 26.0. The van der Waals surface area contributed by atoms with E-state index in [9.17, 15) is 29.1 Å². The van der Waals surface area contributed by atoms with Crippen LogP contribution in [0.4, 0.5) is 4.79 Å². The number of benzene rings is 2. The fourth-order valence-corrected chi connectivity index (χ4v) is 6.23. The summed E-state index contributed by atoms with van der Waals surface area (Å²) >= 11 is 0. The Morgan fingerprint density at radius 3 is 2.05 bits per heavy atom. The van der Waals surface area contributed by atoms with Gasteiger partial charge in [0.1, 0.15) is 24.2 Å². The zero-order valence-electron chi connectivity index (χ0n) is 26.0. The second-order valence-corrected chi connectivity index (χ2v) is 12.4. The van der Waals surface area contributed by atoms with Crippen LogP contribution in [-0.4, -0.2) is 89.1 Å². The zero-order chi connectivity index (χ0) is 32.2. The van der Waals surface area contributed by atoms with E-state index < -0.39 is 53.8 Å². The number of fused-ring (bicyclic) bond motifs is 3. The number of alkyl carbamates (subject to hydrolysis) is 1. The molecule has 1 saturated heterocycles. The van der Waals surface area contributed by atoms with Gasteiger partial charge in [-0.1, -0.05) is 62.4 Å². The number of carbonyl (C=O) groups is 5. The number of likely N-dealkylation sites (N-methyl/N-ethyl adjacent to an activating group) is 1. The van der Waals surface area contributed by atoms with Crippen LogP contribution in [0.2, 0.25) is 0 Å². The summed E-state index contributed by atoms with van der Waals surface area (Å²) in [7, 11) is 1.45. The molecule has 2 aromatic carbocycles. The summed E-state index contributed by atoms with van der Waals surface area (Å²) in [5.41, 5.74) is 2.87. The van der Waals surface area contributed by atoms with Crippen molar-refractivity contribution in [1.29, 1.82) is 0 Å². The third kappa shape index (κ3) is 7.03. The van der Waals surface area contributed by atoms with Crippen LogP contribution in [0.15, 0.2) is 48.5 Å². The Kier molecular flexibility index (Phi) is 9.96. The third-order valence-electron chi connectivity index (χ3n) is 8.34. The number of carbonyl (C=O) groups excluding carboxylic acids is 4. The molecule has 2 atom stereocenters. The van der Waals surface area contributed by atoms with E-state index in [0.717, 1.165) is 35.1 Å². The van der Waals surface area contributed by atoms with Crippen molar-refractivity contribution < 1.29 is 33.8 Å². The van der Waals surface area contributed by atoms with Crippen LogP contribution in [0.25, 0.3) is 11.1 Å². The minimum Gasteiger partial charge on any atom is -0.481 e. The number of nitrogens with zero attached hydrogens (tertiary/aromatic N) is 2. The van der Waals surface area contributed by atoms with Gasteiger partial charge >= 0.3 is 12.1 Å². The molecule has 3 N–H and O–H groups in total. The lowest BCUT2D eigenvalue weighted by Gasteiger charge is -2.36. The molecule has 44 heavy (non-hydrogen) atoms. The second-order valence-electron chi connectivity index (χ2n) is 12.4. The van der Waals surface area contributed by atoms with Gasteiger partial charge in [0.25, 0.3) is 0 Å². The van der Waals surface area contributed by atoms with Crippen LogP contribution in [-0.2, 0) is 23.9 Å². The molecule has 0 radical (unpaired) electrons. The molecule has 1 unspecified atom stereocenters. The van der Waals surface area contributed by atoms with E-state index in [1.165, 1.54) is 25.8 Å². The Bertz CT molecular complexity index is 1370. The van der Waals surface area contributed by atoms with Gasteiger partial charge in [0.15, 0.2) is 0 Å². The molecule has 1 fully saturated rings. The highest BCUT2D eigenvalue weighted by Crippen LogP contribution is 2.44. The fourth-order valence-electron chi connectivity index (χ4n) is 6.23. The molecule has 2 aliphatic rings. The first kappa shape index (κ1) is 32.5. The Morgan fingerprint density at radius 1 is 0.977 bits per heavy atom. The van der Waals surface area contributed by atoms with Gasteiger partial charge in [0.05, 0.1) is 6.42 Å². The van der Waals surface area contributed by atoms with Gasteiger partial charge in [-0.3, -0.25) is 19.2 Å². The maximum atomic E-state index is 13.7. The number of carboxylic acid groups (broad SMARTS) is 1. The van der Waals surface area contributed by atoms with Gasteiger partial charge in [0, 0.05) is 26.1 Å². The van der Waals surface area contributed by atoms with Crippen molar-refractivity contribution in [2.45, 2.75) is 70.5 Å². The quantitative estimate of drug-likeness (QED) is 0.356. The summed E-state index contributed by atoms with van der Waals surface area (Å²) in [4.78, 5) is 67.4. The van der Waals surface area contributed by atoms with E-state index in [2.05, 4.69) is 10.6 Å². The van der Waals surface area contributed by atoms with Gasteiger partial charge in [-0.15, -0.1) is 0 Å². The summed E-state index contributed by atoms with van der Waals surface area (Å²) in [6.07, 6.45) is 0.286. The lowest BCUT2D eigenvalue weighted by molar-refractivity contribution is -0.147. The molecule has 0 bridgehead atoms. The molecule has 11 heteroatoms. The van der Waals surface area contributed by atoms with E-state index in [0.29, 0.717) is 13.1 Å². The molecule has 1 heterocycles. The number of aliphatic carboxylic acids is 1. The molecule has 4 amide bonds. The minimum absolute atomic E-state index is 0.0764. The van der Waals surface area contributed by atoms with Crippen molar-refractivity contribution in [3.05, 3.63) is 59.7 Å². The summed E-state index contributed by atoms with van der Waals surface area (Å²) in [5.74, 6) is -3.41. The Morgan fingerprint density at radius 2 is 1.52 bits per heavy atom. The van der Waals surface area contributed by atoms with Crippen molar-refractivity contribution in [3.63, 3.8) is 0 Å². The minimum atomic E-state index is -1.45. The molecular formula is C33H42N4O7. The highest BCUT2D eigenvalue weighted by atomic mass is 16.5. The number of amides is 4. The number of likely N-dealkylation sites (tertiary alicyclic amines) is 1. The van der Waals surface area contributed by atoms with E-state index in [1.54, 1.807) is 18.7 Å². The number of hydrogen-bond donors (Lipinski definition) is 3. The van der Waals surface area contributed by atoms with Crippen LogP contribution >= 0.6 is 0 Å². The maximum absolute atomic E-state index is 13.7. The average Bonchev–Trinajstić information content (AvgIpc) is 3.61. The SMILES string of the molecule is CC(C)C(C(=O)N[C@@H](CC(=O)O)C(=O)N1CCCC1)N(C)C(=O)C(C)(C)NC(=O)OCC1c2ccccc2-c2ccccc21. The van der Waals surface area contributed by atoms with Crippen molar-refractivity contribution in [2.75, 3.05) is 26.7 Å². The summed E-state index contributed by atoms with van der Waals surface area (Å²) < 4.78 is 5.63. The first-order valence-electron chi connectivity index (χ1n) is 15.0. The molecular weight excluding hydrogens is 564 g/mol. The number of nitrogens with one attached hydrogen (secondary N) is 2. The van der Waals surface area contributed by atoms with Gasteiger partial charge in [-0.2, -0.15) is 0 Å². The predicted octanol–water partition coefficient (Wildman–Crippen LogP) is 3.37. The highest BCUT2D eigenvalue weighted by molar-refractivity contribution is 5.96. The molecule has 236 valence electrons. The standard InChI is InChI=1S/C33H42N4O7/c1-20(2)28(29(40)34-26(18-27(38)39)30(41)37-16-10-11-17-37)36(5)31(42)33(3,4)35-32(43)44-19-25-23-14-8-6-12-21(23)22-13-7-9-15-24(22)25/h6-9,12-15,20,25-26,28H,10-11,16-19H2,1-5H3,(H,34,40)(H,35,43)(H,38,39)/t26-,28?/m0/s1. The van der Waals surface area contributed by atoms with Crippen LogP contribution in [0, 0.1) is 5.92 Å². The van der Waals surface area contributed by atoms with Crippen LogP contribution in [0.1, 0.15) is 64.0 Å². The highest BCUT2D eigenvalue weighted by Gasteiger charge is 2.41. The van der Waals surface area contributed by atoms with Crippen molar-refractivity contribution in [3.8, 4) is 11.1 Å². The lowest BCUT2D eigenvalue weighted by atomic mass is 9.97. The van der Waals surface area contributed by atoms with Crippen molar-refractivity contribution in [2.24, 2.45) is 5.92 Å². The number of hydrogen-bond acceptors (Lipinski definition) is 6. The van der Waals surface area contributed by atoms with E-state index in [-0.39, 0.29) is 18.4 Å². The molecule has 1 aliphatic carbocycles. The van der Waals surface area contributed by atoms with E-state index in [4.69, 9.17) is 4.74 Å². The smallest absolute Gasteiger partial charge is 0.408 e. The Labute approximate surface area is 257 Å². The molecule has 11 nitrogen and oxygen atoms in total. The topological polar surface area (TPSA) is 145 Å². The molecule has 0 aromatic heterocycles. The van der Waals surface area contributed by atoms with E-state index in [1.807, 2.05) is 48.5 Å². The van der Waals surface area contributed by atoms with Crippen molar-refractivity contribution in [1.82, 2.24) is 20.4 Å². The van der Waals surface area contributed by atoms with Crippen LogP contribution in [0.3, 0.4) is 0 Å². The first-order chi connectivity index (χ1) is 20.8. The summed E-state index contributed by atoms with van der Waals surface area (Å²) in [6, 6.07) is 13.7. The molecule has 2 aromatic rings. The maximum Gasteiger partial charge on any atom is 0.408 e. The first-order valence-corrected chi connectivity index (χ1v) is 15.0. The van der Waals surface area contributed by atoms with Crippen molar-refractivity contribution >= 4 is 29.8 Å². The fraction of sp³-hybridized carbons (Fsp3) is 0.485. The average molecular weight is 607 g/mol. The van der Waals surface area contributed by atoms with Crippen LogP contribution < -0.4 is 10.6 Å². The summed E-state index contributed by atoms with van der Waals surface area (Å²) in [6.45, 7) is 7.62. The number of carboxylic acids is 1. The number of rotatable bonds is 11. The summed E-state index contributed by atoms with van der Waals surface area (Å²) in [5, 5.41) is 14.6. The monoisotopic (exact) mass is 606 g/mol. The molecule has 1 aliphatic heterocycles. The predicted molar refractivity (Wildman–Crippen MR) is 164 cm³/mol. The normalized spacial score (nSPS) is 15.6. The molecule has 4 rings (SSSR count). The van der Waals surface area contributed by atoms with E-state index >= 15 is 0 Å².